The Bertz CT molecular complexity index is 471. The molecule has 116 valence electrons. The first kappa shape index (κ1) is 14.7. The molecule has 2 N–H and O–H groups in total. The van der Waals surface area contributed by atoms with E-state index in [2.05, 4.69) is 19.2 Å². The zero-order valence-electron chi connectivity index (χ0n) is 12.8. The molecule has 2 fully saturated rings. The van der Waals surface area contributed by atoms with Gasteiger partial charge in [0.1, 0.15) is 12.4 Å². The predicted octanol–water partition coefficient (Wildman–Crippen LogP) is 2.67. The van der Waals surface area contributed by atoms with Crippen LogP contribution in [-0.4, -0.2) is 37.1 Å². The minimum atomic E-state index is 0.0410. The maximum atomic E-state index is 8.76. The zero-order valence-corrected chi connectivity index (χ0v) is 12.8. The van der Waals surface area contributed by atoms with Gasteiger partial charge >= 0.3 is 0 Å². The summed E-state index contributed by atoms with van der Waals surface area (Å²) < 4.78 is 11.3. The largest absolute Gasteiger partial charge is 0.491 e. The Kier molecular flexibility index (Phi) is 4.09. The lowest BCUT2D eigenvalue weighted by molar-refractivity contribution is -0.177. The van der Waals surface area contributed by atoms with Crippen molar-refractivity contribution in [2.75, 3.05) is 25.1 Å². The Balaban J connectivity index is 1.63. The fourth-order valence-electron chi connectivity index (χ4n) is 3.81. The third kappa shape index (κ3) is 2.74. The van der Waals surface area contributed by atoms with E-state index >= 15 is 0 Å². The van der Waals surface area contributed by atoms with Crippen molar-refractivity contribution >= 4 is 5.69 Å². The van der Waals surface area contributed by atoms with Crippen LogP contribution in [0.3, 0.4) is 0 Å². The molecule has 0 aromatic heterocycles. The second-order valence-corrected chi connectivity index (χ2v) is 6.64. The summed E-state index contributed by atoms with van der Waals surface area (Å²) in [7, 11) is 0. The second-order valence-electron chi connectivity index (χ2n) is 6.64. The standard InChI is InChI=1S/C17H25NO3/c1-17(2)15(14-4-3-10-21-16(14)17)18-12-5-7-13(8-6-12)20-11-9-19/h5-8,14-16,18-19H,3-4,9-11H2,1-2H3. The van der Waals surface area contributed by atoms with Crippen LogP contribution in [0.15, 0.2) is 24.3 Å². The lowest BCUT2D eigenvalue weighted by Gasteiger charge is -2.60. The number of anilines is 1. The quantitative estimate of drug-likeness (QED) is 0.876. The molecule has 1 aliphatic carbocycles. The lowest BCUT2D eigenvalue weighted by atomic mass is 9.55. The highest BCUT2D eigenvalue weighted by molar-refractivity contribution is 5.48. The van der Waals surface area contributed by atoms with Crippen molar-refractivity contribution in [1.29, 1.82) is 0 Å². The maximum absolute atomic E-state index is 8.76. The van der Waals surface area contributed by atoms with Crippen LogP contribution in [0, 0.1) is 11.3 Å². The van der Waals surface area contributed by atoms with Crippen molar-refractivity contribution in [2.45, 2.75) is 38.8 Å². The van der Waals surface area contributed by atoms with Gasteiger partial charge in [-0.15, -0.1) is 0 Å². The first-order valence-corrected chi connectivity index (χ1v) is 7.85. The third-order valence-electron chi connectivity index (χ3n) is 4.87. The molecule has 0 amide bonds. The van der Waals surface area contributed by atoms with Crippen LogP contribution in [0.1, 0.15) is 26.7 Å². The van der Waals surface area contributed by atoms with Crippen LogP contribution >= 0.6 is 0 Å². The van der Waals surface area contributed by atoms with Crippen LogP contribution in [0.5, 0.6) is 5.75 Å². The fourth-order valence-corrected chi connectivity index (χ4v) is 3.81. The van der Waals surface area contributed by atoms with Gasteiger partial charge in [0.15, 0.2) is 0 Å². The molecule has 1 aromatic rings. The van der Waals surface area contributed by atoms with Crippen molar-refractivity contribution in [3.8, 4) is 5.75 Å². The molecular formula is C17H25NO3. The summed E-state index contributed by atoms with van der Waals surface area (Å²) in [6.07, 6.45) is 2.82. The average Bonchev–Trinajstić information content (AvgIpc) is 2.51. The van der Waals surface area contributed by atoms with E-state index in [9.17, 15) is 0 Å². The molecular weight excluding hydrogens is 266 g/mol. The van der Waals surface area contributed by atoms with Gasteiger partial charge in [0, 0.05) is 29.7 Å². The molecule has 3 unspecified atom stereocenters. The van der Waals surface area contributed by atoms with Crippen LogP contribution in [0.4, 0.5) is 5.69 Å². The summed E-state index contributed by atoms with van der Waals surface area (Å²) in [6, 6.07) is 8.43. The van der Waals surface area contributed by atoms with E-state index in [0.717, 1.165) is 18.0 Å². The molecule has 0 radical (unpaired) electrons. The predicted molar refractivity (Wildman–Crippen MR) is 82.7 cm³/mol. The number of benzene rings is 1. The van der Waals surface area contributed by atoms with Gasteiger partial charge in [-0.3, -0.25) is 0 Å². The van der Waals surface area contributed by atoms with E-state index in [0.29, 0.717) is 24.7 Å². The number of aliphatic hydroxyl groups excluding tert-OH is 1. The summed E-state index contributed by atoms with van der Waals surface area (Å²) in [5.74, 6) is 1.42. The highest BCUT2D eigenvalue weighted by atomic mass is 16.5. The summed E-state index contributed by atoms with van der Waals surface area (Å²) in [4.78, 5) is 0. The third-order valence-corrected chi connectivity index (χ3v) is 4.87. The van der Waals surface area contributed by atoms with Gasteiger partial charge in [-0.25, -0.2) is 0 Å². The van der Waals surface area contributed by atoms with Crippen LogP contribution in [0.2, 0.25) is 0 Å². The first-order valence-electron chi connectivity index (χ1n) is 7.85. The number of hydrogen-bond donors (Lipinski definition) is 2. The Morgan fingerprint density at radius 2 is 2.10 bits per heavy atom. The molecule has 2 aliphatic rings. The van der Waals surface area contributed by atoms with Crippen molar-refractivity contribution in [3.63, 3.8) is 0 Å². The fraction of sp³-hybridized carbons (Fsp3) is 0.647. The Labute approximate surface area is 126 Å². The van der Waals surface area contributed by atoms with Crippen LogP contribution in [0.25, 0.3) is 0 Å². The molecule has 1 aromatic carbocycles. The molecule has 1 saturated carbocycles. The molecule has 4 heteroatoms. The van der Waals surface area contributed by atoms with Crippen LogP contribution < -0.4 is 10.1 Å². The van der Waals surface area contributed by atoms with Crippen molar-refractivity contribution in [3.05, 3.63) is 24.3 Å². The number of fused-ring (bicyclic) bond motifs is 1. The van der Waals surface area contributed by atoms with Gasteiger partial charge < -0.3 is 19.9 Å². The van der Waals surface area contributed by atoms with Gasteiger partial charge in [-0.05, 0) is 37.1 Å². The zero-order chi connectivity index (χ0) is 14.9. The van der Waals surface area contributed by atoms with Crippen molar-refractivity contribution in [2.24, 2.45) is 11.3 Å². The maximum Gasteiger partial charge on any atom is 0.119 e. The Morgan fingerprint density at radius 3 is 2.81 bits per heavy atom. The Hall–Kier alpha value is -1.26. The molecule has 0 spiro atoms. The summed E-state index contributed by atoms with van der Waals surface area (Å²) >= 11 is 0. The van der Waals surface area contributed by atoms with E-state index in [1.807, 2.05) is 24.3 Å². The lowest BCUT2D eigenvalue weighted by Crippen LogP contribution is -2.67. The molecule has 1 aliphatic heterocycles. The normalized spacial score (nSPS) is 30.1. The average molecular weight is 291 g/mol. The van der Waals surface area contributed by atoms with Gasteiger partial charge in [0.2, 0.25) is 0 Å². The molecule has 0 bridgehead atoms. The molecule has 4 nitrogen and oxygen atoms in total. The second kappa shape index (κ2) is 5.85. The van der Waals surface area contributed by atoms with E-state index in [-0.39, 0.29) is 12.0 Å². The highest BCUT2D eigenvalue weighted by Crippen LogP contribution is 2.52. The summed E-state index contributed by atoms with van der Waals surface area (Å²) in [5.41, 5.74) is 1.30. The minimum Gasteiger partial charge on any atom is -0.491 e. The number of aliphatic hydroxyl groups is 1. The van der Waals surface area contributed by atoms with E-state index in [4.69, 9.17) is 14.6 Å². The topological polar surface area (TPSA) is 50.7 Å². The highest BCUT2D eigenvalue weighted by Gasteiger charge is 2.57. The van der Waals surface area contributed by atoms with Crippen LogP contribution in [-0.2, 0) is 4.74 Å². The van der Waals surface area contributed by atoms with Gasteiger partial charge in [-0.1, -0.05) is 13.8 Å². The van der Waals surface area contributed by atoms with Gasteiger partial charge in [0.05, 0.1) is 12.7 Å². The molecule has 1 saturated heterocycles. The SMILES string of the molecule is CC1(C)C(Nc2ccc(OCCO)cc2)C2CCCOC21. The number of nitrogens with one attached hydrogen (secondary N) is 1. The van der Waals surface area contributed by atoms with E-state index in [1.54, 1.807) is 0 Å². The van der Waals surface area contributed by atoms with Crippen molar-refractivity contribution < 1.29 is 14.6 Å². The summed E-state index contributed by atoms with van der Waals surface area (Å²) in [6.45, 7) is 5.86. The molecule has 3 atom stereocenters. The van der Waals surface area contributed by atoms with E-state index in [1.165, 1.54) is 12.8 Å². The molecule has 21 heavy (non-hydrogen) atoms. The first-order chi connectivity index (χ1) is 10.1. The van der Waals surface area contributed by atoms with Crippen molar-refractivity contribution in [1.82, 2.24) is 0 Å². The van der Waals surface area contributed by atoms with Gasteiger partial charge in [-0.2, -0.15) is 0 Å². The number of hydrogen-bond acceptors (Lipinski definition) is 4. The Morgan fingerprint density at radius 1 is 1.33 bits per heavy atom. The van der Waals surface area contributed by atoms with Gasteiger partial charge in [0.25, 0.3) is 0 Å². The summed E-state index contributed by atoms with van der Waals surface area (Å²) in [5, 5.41) is 12.4. The minimum absolute atomic E-state index is 0.0410. The van der Waals surface area contributed by atoms with E-state index < -0.39 is 0 Å². The number of rotatable bonds is 5. The smallest absolute Gasteiger partial charge is 0.119 e. The molecule has 3 rings (SSSR count). The molecule has 1 heterocycles. The number of ether oxygens (including phenoxy) is 2. The monoisotopic (exact) mass is 291 g/mol.